The van der Waals surface area contributed by atoms with Crippen molar-refractivity contribution in [2.24, 2.45) is 5.92 Å². The predicted octanol–water partition coefficient (Wildman–Crippen LogP) is 2.87. The molecule has 2 atom stereocenters. The van der Waals surface area contributed by atoms with E-state index in [1.54, 1.807) is 31.2 Å². The quantitative estimate of drug-likeness (QED) is 0.214. The lowest BCUT2D eigenvalue weighted by Crippen LogP contribution is -2.53. The predicted molar refractivity (Wildman–Crippen MR) is 148 cm³/mol. The van der Waals surface area contributed by atoms with Crippen LogP contribution in [0.2, 0.25) is 0 Å². The molecule has 0 radical (unpaired) electrons. The fourth-order valence-corrected chi connectivity index (χ4v) is 4.17. The highest BCUT2D eigenvalue weighted by atomic mass is 16.4. The van der Waals surface area contributed by atoms with E-state index in [0.717, 1.165) is 5.56 Å². The number of benzene rings is 2. The van der Waals surface area contributed by atoms with Gasteiger partial charge in [0.25, 0.3) is 0 Å². The Morgan fingerprint density at radius 2 is 1.60 bits per heavy atom. The third-order valence-corrected chi connectivity index (χ3v) is 6.15. The molecule has 0 fully saturated rings. The molecular weight excluding hydrogens is 518 g/mol. The summed E-state index contributed by atoms with van der Waals surface area (Å²) in [7, 11) is 0. The molecule has 0 spiro atoms. The Hall–Kier alpha value is -4.67. The van der Waals surface area contributed by atoms with Crippen LogP contribution in [0.3, 0.4) is 0 Å². The lowest BCUT2D eigenvalue weighted by Gasteiger charge is -2.24. The molecule has 5 N–H and O–H groups in total. The molecule has 2 aromatic carbocycles. The lowest BCUT2D eigenvalue weighted by molar-refractivity contribution is -0.139. The standard InChI is InChI=1S/C29H33N3O8/c1-16(2)12-22(31-25(34)10-11-26(35)36)29(39)32-23(14-18-4-7-20(33)8-5-18)28(38)30-19-6-9-21-17(3)13-27(37)40-24(21)15-19/h4-9,13,15-16,22-23,33H,10-12,14H2,1-3H3,(H,30,38)(H,31,34)(H,32,39)(H,35,36)/t22-,23-/m0/s1. The number of hydrogen-bond donors (Lipinski definition) is 5. The molecule has 3 rings (SSSR count). The third kappa shape index (κ3) is 8.69. The first-order valence-electron chi connectivity index (χ1n) is 12.9. The van der Waals surface area contributed by atoms with Crippen molar-refractivity contribution in [2.75, 3.05) is 5.32 Å². The molecule has 0 aliphatic rings. The van der Waals surface area contributed by atoms with Crippen LogP contribution in [-0.2, 0) is 25.6 Å². The first-order chi connectivity index (χ1) is 18.9. The SMILES string of the molecule is Cc1cc(=O)oc2cc(NC(=O)[C@H](Cc3ccc(O)cc3)NC(=O)[C@H](CC(C)C)NC(=O)CCC(=O)O)ccc12. The molecule has 1 aromatic heterocycles. The number of phenols is 1. The van der Waals surface area contributed by atoms with Crippen LogP contribution in [0.5, 0.6) is 5.75 Å². The largest absolute Gasteiger partial charge is 0.508 e. The fourth-order valence-electron chi connectivity index (χ4n) is 4.17. The summed E-state index contributed by atoms with van der Waals surface area (Å²) in [4.78, 5) is 61.6. The second kappa shape index (κ2) is 13.4. The molecule has 3 amide bonds. The number of nitrogens with one attached hydrogen (secondary N) is 3. The second-order valence-electron chi connectivity index (χ2n) is 10.0. The first kappa shape index (κ1) is 29.9. The summed E-state index contributed by atoms with van der Waals surface area (Å²) < 4.78 is 5.26. The zero-order chi connectivity index (χ0) is 29.4. The summed E-state index contributed by atoms with van der Waals surface area (Å²) in [6.45, 7) is 5.50. The highest BCUT2D eigenvalue weighted by Gasteiger charge is 2.28. The summed E-state index contributed by atoms with van der Waals surface area (Å²) in [6, 6.07) is 10.3. The van der Waals surface area contributed by atoms with E-state index < -0.39 is 41.4 Å². The Kier molecular flexibility index (Phi) is 10.0. The number of aryl methyl sites for hydroxylation is 1. The zero-order valence-electron chi connectivity index (χ0n) is 22.5. The van der Waals surface area contributed by atoms with E-state index >= 15 is 0 Å². The molecule has 0 aliphatic carbocycles. The van der Waals surface area contributed by atoms with Crippen molar-refractivity contribution in [3.63, 3.8) is 0 Å². The van der Waals surface area contributed by atoms with Gasteiger partial charge in [-0.3, -0.25) is 19.2 Å². The van der Waals surface area contributed by atoms with Crippen LogP contribution in [0, 0.1) is 12.8 Å². The summed E-state index contributed by atoms with van der Waals surface area (Å²) >= 11 is 0. The number of carboxylic acids is 1. The monoisotopic (exact) mass is 551 g/mol. The van der Waals surface area contributed by atoms with Crippen molar-refractivity contribution in [1.29, 1.82) is 0 Å². The number of amides is 3. The molecule has 1 heterocycles. The summed E-state index contributed by atoms with van der Waals surface area (Å²) in [5.41, 5.74) is 1.50. The van der Waals surface area contributed by atoms with Crippen LogP contribution in [0.25, 0.3) is 11.0 Å². The van der Waals surface area contributed by atoms with E-state index in [1.165, 1.54) is 24.3 Å². The van der Waals surface area contributed by atoms with Gasteiger partial charge in [0.1, 0.15) is 23.4 Å². The first-order valence-corrected chi connectivity index (χ1v) is 12.9. The van der Waals surface area contributed by atoms with Crippen LogP contribution >= 0.6 is 0 Å². The van der Waals surface area contributed by atoms with Gasteiger partial charge in [-0.25, -0.2) is 4.79 Å². The van der Waals surface area contributed by atoms with Crippen LogP contribution in [0.15, 0.2) is 57.7 Å². The number of fused-ring (bicyclic) bond motifs is 1. The Morgan fingerprint density at radius 3 is 2.25 bits per heavy atom. The molecule has 11 nitrogen and oxygen atoms in total. The van der Waals surface area contributed by atoms with Gasteiger partial charge < -0.3 is 30.6 Å². The minimum Gasteiger partial charge on any atom is -0.508 e. The van der Waals surface area contributed by atoms with Crippen molar-refractivity contribution in [1.82, 2.24) is 10.6 Å². The Bertz CT molecular complexity index is 1450. The summed E-state index contributed by atoms with van der Waals surface area (Å²) in [5, 5.41) is 27.2. The van der Waals surface area contributed by atoms with Crippen LogP contribution in [-0.4, -0.2) is 46.0 Å². The van der Waals surface area contributed by atoms with Crippen LogP contribution in [0.1, 0.15) is 44.2 Å². The third-order valence-electron chi connectivity index (χ3n) is 6.15. The van der Waals surface area contributed by atoms with Gasteiger partial charge in [0.15, 0.2) is 0 Å². The van der Waals surface area contributed by atoms with Gasteiger partial charge in [-0.15, -0.1) is 0 Å². The van der Waals surface area contributed by atoms with E-state index in [0.29, 0.717) is 22.2 Å². The number of carbonyl (C=O) groups is 4. The Labute approximate surface area is 230 Å². The van der Waals surface area contributed by atoms with Gasteiger partial charge in [0, 0.05) is 36.0 Å². The molecule has 0 saturated carbocycles. The fraction of sp³-hybridized carbons (Fsp3) is 0.345. The molecule has 0 saturated heterocycles. The summed E-state index contributed by atoms with van der Waals surface area (Å²) in [5.74, 6) is -2.82. The maximum atomic E-state index is 13.4. The van der Waals surface area contributed by atoms with Crippen LogP contribution < -0.4 is 21.6 Å². The minimum absolute atomic E-state index is 0.00983. The molecule has 212 valence electrons. The average Bonchev–Trinajstić information content (AvgIpc) is 2.87. The molecule has 11 heteroatoms. The van der Waals surface area contributed by atoms with Gasteiger partial charge in [0.05, 0.1) is 6.42 Å². The second-order valence-corrected chi connectivity index (χ2v) is 10.0. The van der Waals surface area contributed by atoms with Gasteiger partial charge in [0.2, 0.25) is 17.7 Å². The van der Waals surface area contributed by atoms with Crippen molar-refractivity contribution in [3.8, 4) is 5.75 Å². The molecule has 0 unspecified atom stereocenters. The van der Waals surface area contributed by atoms with E-state index in [4.69, 9.17) is 9.52 Å². The summed E-state index contributed by atoms with van der Waals surface area (Å²) in [6.07, 6.45) is -0.326. The van der Waals surface area contributed by atoms with Gasteiger partial charge in [-0.05, 0) is 54.7 Å². The number of carbonyl (C=O) groups excluding carboxylic acids is 3. The normalized spacial score (nSPS) is 12.5. The topological polar surface area (TPSA) is 175 Å². The van der Waals surface area contributed by atoms with E-state index in [-0.39, 0.29) is 37.4 Å². The van der Waals surface area contributed by atoms with Crippen molar-refractivity contribution in [2.45, 2.75) is 58.5 Å². The lowest BCUT2D eigenvalue weighted by atomic mass is 10.0. The van der Waals surface area contributed by atoms with Gasteiger partial charge in [-0.2, -0.15) is 0 Å². The molecule has 0 bridgehead atoms. The van der Waals surface area contributed by atoms with E-state index in [2.05, 4.69) is 16.0 Å². The van der Waals surface area contributed by atoms with Crippen molar-refractivity contribution >= 4 is 40.3 Å². The highest BCUT2D eigenvalue weighted by molar-refractivity contribution is 5.99. The number of anilines is 1. The van der Waals surface area contributed by atoms with Crippen molar-refractivity contribution in [3.05, 3.63) is 70.1 Å². The Balaban J connectivity index is 1.84. The maximum absolute atomic E-state index is 13.4. The number of phenolic OH excluding ortho intramolecular Hbond substituents is 1. The maximum Gasteiger partial charge on any atom is 0.336 e. The minimum atomic E-state index is -1.13. The van der Waals surface area contributed by atoms with Gasteiger partial charge in [-0.1, -0.05) is 26.0 Å². The van der Waals surface area contributed by atoms with Crippen molar-refractivity contribution < 1.29 is 33.8 Å². The van der Waals surface area contributed by atoms with Crippen LogP contribution in [0.4, 0.5) is 5.69 Å². The highest BCUT2D eigenvalue weighted by Crippen LogP contribution is 2.21. The number of rotatable bonds is 12. The zero-order valence-corrected chi connectivity index (χ0v) is 22.5. The Morgan fingerprint density at radius 1 is 0.900 bits per heavy atom. The molecule has 0 aliphatic heterocycles. The molecule has 40 heavy (non-hydrogen) atoms. The number of aromatic hydroxyl groups is 1. The molecule has 3 aromatic rings. The van der Waals surface area contributed by atoms with E-state index in [1.807, 2.05) is 13.8 Å². The smallest absolute Gasteiger partial charge is 0.336 e. The average molecular weight is 552 g/mol. The van der Waals surface area contributed by atoms with Gasteiger partial charge >= 0.3 is 11.6 Å². The number of carboxylic acid groups (broad SMARTS) is 1. The molecular formula is C29H33N3O8. The van der Waals surface area contributed by atoms with E-state index in [9.17, 15) is 29.1 Å². The number of aliphatic carboxylic acids is 1. The number of hydrogen-bond acceptors (Lipinski definition) is 7.